The second-order valence-corrected chi connectivity index (χ2v) is 9.96. The van der Waals surface area contributed by atoms with Gasteiger partial charge in [0.1, 0.15) is 0 Å². The van der Waals surface area contributed by atoms with Crippen molar-refractivity contribution in [3.8, 4) is 0 Å². The molecule has 30 heavy (non-hydrogen) atoms. The molecule has 0 saturated heterocycles. The number of amides is 1. The Bertz CT molecular complexity index is 1230. The van der Waals surface area contributed by atoms with Crippen molar-refractivity contribution in [3.63, 3.8) is 0 Å². The van der Waals surface area contributed by atoms with Gasteiger partial charge in [0.2, 0.25) is 5.91 Å². The summed E-state index contributed by atoms with van der Waals surface area (Å²) in [5, 5.41) is 5.31. The summed E-state index contributed by atoms with van der Waals surface area (Å²) in [6, 6.07) is 6.27. The number of carbonyl (C=O) groups is 1. The van der Waals surface area contributed by atoms with Gasteiger partial charge in [0.05, 0.1) is 27.6 Å². The first-order valence-corrected chi connectivity index (χ1v) is 11.5. The summed E-state index contributed by atoms with van der Waals surface area (Å²) in [5.41, 5.74) is -4.90. The van der Waals surface area contributed by atoms with Crippen LogP contribution in [0.25, 0.3) is 0 Å². The number of rotatable bonds is 6. The van der Waals surface area contributed by atoms with Crippen LogP contribution in [-0.2, 0) is 31.1 Å². The molecule has 3 N–H and O–H groups in total. The predicted molar refractivity (Wildman–Crippen MR) is 103 cm³/mol. The van der Waals surface area contributed by atoms with Crippen LogP contribution in [0.2, 0.25) is 0 Å². The average molecular weight is 463 g/mol. The van der Waals surface area contributed by atoms with Crippen molar-refractivity contribution < 1.29 is 34.8 Å². The van der Waals surface area contributed by atoms with Crippen molar-refractivity contribution in [2.75, 3.05) is 21.9 Å². The lowest BCUT2D eigenvalue weighted by Gasteiger charge is -2.16. The minimum absolute atomic E-state index is 0.0132. The van der Waals surface area contributed by atoms with E-state index in [1.165, 1.54) is 18.2 Å². The van der Waals surface area contributed by atoms with Gasteiger partial charge in [-0.05, 0) is 48.9 Å². The first-order valence-electron chi connectivity index (χ1n) is 8.50. The van der Waals surface area contributed by atoms with Crippen molar-refractivity contribution in [2.45, 2.75) is 28.6 Å². The number of hydrogen-bond acceptors (Lipinski definition) is 6. The van der Waals surface area contributed by atoms with Crippen molar-refractivity contribution in [1.29, 1.82) is 0 Å². The second-order valence-electron chi connectivity index (χ2n) is 6.34. The number of alkyl halides is 3. The Morgan fingerprint density at radius 3 is 2.30 bits per heavy atom. The van der Waals surface area contributed by atoms with E-state index >= 15 is 0 Å². The maximum Gasteiger partial charge on any atom is 0.501 e. The predicted octanol–water partition coefficient (Wildman–Crippen LogP) is 2.71. The molecule has 1 aliphatic rings. The lowest BCUT2D eigenvalue weighted by molar-refractivity contribution is -0.115. The van der Waals surface area contributed by atoms with Gasteiger partial charge in [-0.1, -0.05) is 0 Å². The number of benzene rings is 2. The Morgan fingerprint density at radius 1 is 1.00 bits per heavy atom. The number of halogens is 3. The summed E-state index contributed by atoms with van der Waals surface area (Å²) in [7, 11) is -9.97. The van der Waals surface area contributed by atoms with Crippen molar-refractivity contribution in [3.05, 3.63) is 42.0 Å². The van der Waals surface area contributed by atoms with E-state index in [0.29, 0.717) is 23.9 Å². The van der Waals surface area contributed by atoms with Gasteiger partial charge in [-0.25, -0.2) is 16.8 Å². The Kier molecular flexibility index (Phi) is 5.45. The highest BCUT2D eigenvalue weighted by molar-refractivity contribution is 7.93. The fraction of sp³-hybridized carbons (Fsp3) is 0.235. The molecular formula is C17H16F3N3O5S2. The molecule has 0 spiro atoms. The van der Waals surface area contributed by atoms with Crippen molar-refractivity contribution in [2.24, 2.45) is 0 Å². The summed E-state index contributed by atoms with van der Waals surface area (Å²) in [6.07, 6.45) is -0.0132. The van der Waals surface area contributed by atoms with Gasteiger partial charge in [0.25, 0.3) is 19.9 Å². The third-order valence-corrected chi connectivity index (χ3v) is 7.08. The largest absolute Gasteiger partial charge is 0.501 e. The molecule has 0 fully saturated rings. The number of nitrogens with one attached hydrogen (secondary N) is 3. The third-order valence-electron chi connectivity index (χ3n) is 4.23. The smallest absolute Gasteiger partial charge is 0.384 e. The molecule has 0 saturated carbocycles. The molecule has 0 bridgehead atoms. The molecule has 3 rings (SSSR count). The van der Waals surface area contributed by atoms with Crippen LogP contribution < -0.4 is 15.4 Å². The highest BCUT2D eigenvalue weighted by Gasteiger charge is 2.47. The van der Waals surface area contributed by atoms with Crippen LogP contribution in [0.3, 0.4) is 0 Å². The molecule has 0 radical (unpaired) electrons. The van der Waals surface area contributed by atoms with E-state index in [1.54, 1.807) is 6.92 Å². The van der Waals surface area contributed by atoms with Crippen LogP contribution >= 0.6 is 0 Å². The number of anilines is 3. The molecule has 0 aromatic heterocycles. The monoisotopic (exact) mass is 463 g/mol. The van der Waals surface area contributed by atoms with Crippen LogP contribution in [-0.4, -0.2) is 34.8 Å². The molecule has 162 valence electrons. The summed E-state index contributed by atoms with van der Waals surface area (Å²) < 4.78 is 89.8. The minimum atomic E-state index is -5.67. The van der Waals surface area contributed by atoms with Crippen molar-refractivity contribution in [1.82, 2.24) is 0 Å². The van der Waals surface area contributed by atoms with Gasteiger partial charge < -0.3 is 10.6 Å². The van der Waals surface area contributed by atoms with Gasteiger partial charge >= 0.3 is 5.51 Å². The fourth-order valence-corrected chi connectivity index (χ4v) is 4.74. The van der Waals surface area contributed by atoms with E-state index in [1.807, 2.05) is 0 Å². The van der Waals surface area contributed by atoms with Gasteiger partial charge in [-0.15, -0.1) is 0 Å². The van der Waals surface area contributed by atoms with Crippen molar-refractivity contribution >= 4 is 42.8 Å². The van der Waals surface area contributed by atoms with Gasteiger partial charge in [-0.2, -0.15) is 13.2 Å². The molecule has 1 amide bonds. The lowest BCUT2D eigenvalue weighted by atomic mass is 10.2. The molecule has 0 unspecified atom stereocenters. The molecule has 2 aromatic carbocycles. The Labute approximate surface area is 170 Å². The van der Waals surface area contributed by atoms with Gasteiger partial charge in [0.15, 0.2) is 0 Å². The zero-order valence-corrected chi connectivity index (χ0v) is 17.0. The van der Waals surface area contributed by atoms with Crippen LogP contribution in [0.15, 0.2) is 46.2 Å². The molecule has 0 aliphatic carbocycles. The SMILES string of the molecule is CCNc1ccc(S(=O)(=O)C(F)(F)F)cc1NS(=O)(=O)c1ccc2c(c1)CC(=O)N2. The maximum atomic E-state index is 12.9. The summed E-state index contributed by atoms with van der Waals surface area (Å²) in [4.78, 5) is 10.1. The average Bonchev–Trinajstić information content (AvgIpc) is 3.01. The molecule has 1 heterocycles. The Balaban J connectivity index is 2.03. The van der Waals surface area contributed by atoms with E-state index in [0.717, 1.165) is 12.1 Å². The normalized spacial score (nSPS) is 14.2. The molecule has 1 aliphatic heterocycles. The molecule has 0 atom stereocenters. The van der Waals surface area contributed by atoms with Crippen LogP contribution in [0, 0.1) is 0 Å². The van der Waals surface area contributed by atoms with E-state index in [2.05, 4.69) is 15.4 Å². The second kappa shape index (κ2) is 7.47. The Morgan fingerprint density at radius 2 is 1.67 bits per heavy atom. The summed E-state index contributed by atoms with van der Waals surface area (Å²) in [5.74, 6) is -0.299. The van der Waals surface area contributed by atoms with E-state index < -0.39 is 30.3 Å². The summed E-state index contributed by atoms with van der Waals surface area (Å²) in [6.45, 7) is 1.97. The zero-order chi connectivity index (χ0) is 22.3. The zero-order valence-electron chi connectivity index (χ0n) is 15.4. The number of sulfonamides is 1. The first kappa shape index (κ1) is 21.9. The third kappa shape index (κ3) is 4.07. The number of carbonyl (C=O) groups excluding carboxylic acids is 1. The first-order chi connectivity index (χ1) is 13.8. The molecule has 13 heteroatoms. The minimum Gasteiger partial charge on any atom is -0.384 e. The number of hydrogen-bond donors (Lipinski definition) is 3. The van der Waals surface area contributed by atoms with Gasteiger partial charge in [-0.3, -0.25) is 9.52 Å². The number of sulfone groups is 1. The lowest BCUT2D eigenvalue weighted by Crippen LogP contribution is -2.23. The fourth-order valence-electron chi connectivity index (χ4n) is 2.83. The quantitative estimate of drug-likeness (QED) is 0.606. The topological polar surface area (TPSA) is 121 Å². The van der Waals surface area contributed by atoms with Crippen LogP contribution in [0.1, 0.15) is 12.5 Å². The molecule has 2 aromatic rings. The Hall–Kier alpha value is -2.80. The standard InChI is InChI=1S/C17H16F3N3O5S2/c1-2-21-14-6-3-11(29(25,26)17(18,19)20)9-15(14)23-30(27,28)12-4-5-13-10(7-12)8-16(24)22-13/h3-7,9,21,23H,2,8H2,1H3,(H,22,24). The summed E-state index contributed by atoms with van der Waals surface area (Å²) >= 11 is 0. The van der Waals surface area contributed by atoms with Crippen LogP contribution in [0.4, 0.5) is 30.2 Å². The highest BCUT2D eigenvalue weighted by atomic mass is 32.2. The van der Waals surface area contributed by atoms with Gasteiger partial charge in [0, 0.05) is 12.2 Å². The number of fused-ring (bicyclic) bond motifs is 1. The maximum absolute atomic E-state index is 12.9. The molecular weight excluding hydrogens is 447 g/mol. The van der Waals surface area contributed by atoms with Crippen LogP contribution in [0.5, 0.6) is 0 Å². The van der Waals surface area contributed by atoms with E-state index in [9.17, 15) is 34.8 Å². The highest BCUT2D eigenvalue weighted by Crippen LogP contribution is 2.35. The van der Waals surface area contributed by atoms with E-state index in [-0.39, 0.29) is 28.6 Å². The molecule has 8 nitrogen and oxygen atoms in total. The van der Waals surface area contributed by atoms with E-state index in [4.69, 9.17) is 0 Å².